The minimum atomic E-state index is -0.891. The summed E-state index contributed by atoms with van der Waals surface area (Å²) in [6.07, 6.45) is 8.07. The Bertz CT molecular complexity index is 528. The Morgan fingerprint density at radius 3 is 2.43 bits per heavy atom. The van der Waals surface area contributed by atoms with Crippen LogP contribution in [0.1, 0.15) is 25.3 Å². The first-order valence-corrected chi connectivity index (χ1v) is 7.19. The number of hydrogen-bond donors (Lipinski definition) is 1. The van der Waals surface area contributed by atoms with Gasteiger partial charge in [-0.2, -0.15) is 0 Å². The van der Waals surface area contributed by atoms with Gasteiger partial charge in [-0.1, -0.05) is 12.2 Å². The number of nitrogens with zero attached hydrogens (tertiary/aromatic N) is 2. The van der Waals surface area contributed by atoms with E-state index in [0.717, 1.165) is 5.56 Å². The number of rotatable bonds is 5. The summed E-state index contributed by atoms with van der Waals surface area (Å²) in [5.41, 5.74) is 0.999. The van der Waals surface area contributed by atoms with E-state index in [9.17, 15) is 14.7 Å². The van der Waals surface area contributed by atoms with Crippen molar-refractivity contribution >= 4 is 11.9 Å². The molecule has 0 saturated heterocycles. The third-order valence-electron chi connectivity index (χ3n) is 3.88. The van der Waals surface area contributed by atoms with Crippen molar-refractivity contribution in [2.45, 2.75) is 26.3 Å². The van der Waals surface area contributed by atoms with Crippen molar-refractivity contribution in [1.29, 1.82) is 0 Å². The standard InChI is InChI=1S/C16H20N2O3/c1-2-18(11-12-7-9-17-10-8-12)15(19)13-5-3-4-6-14(13)16(20)21/h3-4,7-10,13-14H,2,5-6,11H2,1H3,(H,20,21). The molecule has 0 fully saturated rings. The molecule has 0 bridgehead atoms. The maximum absolute atomic E-state index is 12.7. The molecule has 1 aliphatic rings. The van der Waals surface area contributed by atoms with Crippen molar-refractivity contribution in [2.75, 3.05) is 6.54 Å². The number of hydrogen-bond acceptors (Lipinski definition) is 3. The van der Waals surface area contributed by atoms with Crippen LogP contribution in [0.3, 0.4) is 0 Å². The normalized spacial score (nSPS) is 21.0. The van der Waals surface area contributed by atoms with Crippen LogP contribution in [0.2, 0.25) is 0 Å². The molecule has 1 aromatic rings. The predicted octanol–water partition coefficient (Wildman–Crippen LogP) is 2.10. The number of carboxylic acids is 1. The Morgan fingerprint density at radius 1 is 1.24 bits per heavy atom. The zero-order valence-corrected chi connectivity index (χ0v) is 12.1. The van der Waals surface area contributed by atoms with E-state index in [1.54, 1.807) is 17.3 Å². The van der Waals surface area contributed by atoms with Crippen molar-refractivity contribution in [1.82, 2.24) is 9.88 Å². The highest BCUT2D eigenvalue weighted by molar-refractivity contribution is 5.85. The topological polar surface area (TPSA) is 70.5 Å². The van der Waals surface area contributed by atoms with E-state index in [0.29, 0.717) is 25.9 Å². The molecular weight excluding hydrogens is 268 g/mol. The van der Waals surface area contributed by atoms with Crippen LogP contribution in [-0.4, -0.2) is 33.4 Å². The van der Waals surface area contributed by atoms with Crippen LogP contribution in [0.25, 0.3) is 0 Å². The minimum absolute atomic E-state index is 0.0777. The Balaban J connectivity index is 2.12. The molecule has 0 aliphatic heterocycles. The van der Waals surface area contributed by atoms with E-state index < -0.39 is 17.8 Å². The SMILES string of the molecule is CCN(Cc1ccncc1)C(=O)C1CC=CCC1C(=O)O. The molecule has 112 valence electrons. The summed E-state index contributed by atoms with van der Waals surface area (Å²) in [5.74, 6) is -2.05. The minimum Gasteiger partial charge on any atom is -0.481 e. The molecule has 0 spiro atoms. The van der Waals surface area contributed by atoms with Crippen LogP contribution >= 0.6 is 0 Å². The monoisotopic (exact) mass is 288 g/mol. The van der Waals surface area contributed by atoms with Gasteiger partial charge in [0.15, 0.2) is 0 Å². The predicted molar refractivity (Wildman–Crippen MR) is 78.3 cm³/mol. The second-order valence-electron chi connectivity index (χ2n) is 5.20. The molecule has 21 heavy (non-hydrogen) atoms. The highest BCUT2D eigenvalue weighted by atomic mass is 16.4. The molecule has 1 aromatic heterocycles. The molecule has 5 heteroatoms. The number of carbonyl (C=O) groups is 2. The Kier molecular flexibility index (Phi) is 5.09. The molecule has 2 atom stereocenters. The van der Waals surface area contributed by atoms with Gasteiger partial charge in [-0.25, -0.2) is 0 Å². The maximum Gasteiger partial charge on any atom is 0.307 e. The lowest BCUT2D eigenvalue weighted by Crippen LogP contribution is -2.41. The van der Waals surface area contributed by atoms with Crippen molar-refractivity contribution in [3.8, 4) is 0 Å². The van der Waals surface area contributed by atoms with Crippen LogP contribution < -0.4 is 0 Å². The van der Waals surface area contributed by atoms with Crippen LogP contribution in [-0.2, 0) is 16.1 Å². The van der Waals surface area contributed by atoms with Crippen molar-refractivity contribution in [3.05, 3.63) is 42.2 Å². The molecule has 5 nitrogen and oxygen atoms in total. The smallest absolute Gasteiger partial charge is 0.307 e. The number of pyridine rings is 1. The third-order valence-corrected chi connectivity index (χ3v) is 3.88. The second-order valence-corrected chi connectivity index (χ2v) is 5.20. The summed E-state index contributed by atoms with van der Waals surface area (Å²) < 4.78 is 0. The summed E-state index contributed by atoms with van der Waals surface area (Å²) in [5, 5.41) is 9.29. The summed E-state index contributed by atoms with van der Waals surface area (Å²) in [6.45, 7) is 2.96. The fourth-order valence-corrected chi connectivity index (χ4v) is 2.65. The van der Waals surface area contributed by atoms with E-state index in [-0.39, 0.29) is 5.91 Å². The van der Waals surface area contributed by atoms with Gasteiger partial charge < -0.3 is 10.0 Å². The van der Waals surface area contributed by atoms with E-state index in [1.807, 2.05) is 31.2 Å². The molecule has 0 saturated carbocycles. The molecule has 0 radical (unpaired) electrons. The van der Waals surface area contributed by atoms with Crippen molar-refractivity contribution in [2.24, 2.45) is 11.8 Å². The quantitative estimate of drug-likeness (QED) is 0.842. The maximum atomic E-state index is 12.7. The highest BCUT2D eigenvalue weighted by Crippen LogP contribution is 2.28. The van der Waals surface area contributed by atoms with Gasteiger partial charge in [0.25, 0.3) is 0 Å². The van der Waals surface area contributed by atoms with E-state index in [1.165, 1.54) is 0 Å². The average Bonchev–Trinajstić information content (AvgIpc) is 2.53. The second kappa shape index (κ2) is 7.02. The lowest BCUT2D eigenvalue weighted by Gasteiger charge is -2.30. The molecule has 1 heterocycles. The molecule has 1 N–H and O–H groups in total. The Hall–Kier alpha value is -2.17. The van der Waals surface area contributed by atoms with Crippen LogP contribution in [0.5, 0.6) is 0 Å². The molecule has 2 rings (SSSR count). The molecule has 0 aromatic carbocycles. The first kappa shape index (κ1) is 15.2. The summed E-state index contributed by atoms with van der Waals surface area (Å²) in [7, 11) is 0. The van der Waals surface area contributed by atoms with Gasteiger partial charge in [-0.05, 0) is 37.5 Å². The Labute approximate surface area is 124 Å². The van der Waals surface area contributed by atoms with Gasteiger partial charge in [0.1, 0.15) is 0 Å². The van der Waals surface area contributed by atoms with Crippen LogP contribution in [0.15, 0.2) is 36.7 Å². The summed E-state index contributed by atoms with van der Waals surface area (Å²) >= 11 is 0. The van der Waals surface area contributed by atoms with Crippen molar-refractivity contribution in [3.63, 3.8) is 0 Å². The van der Waals surface area contributed by atoms with E-state index in [4.69, 9.17) is 0 Å². The lowest BCUT2D eigenvalue weighted by molar-refractivity contribution is -0.150. The molecule has 1 aliphatic carbocycles. The zero-order chi connectivity index (χ0) is 15.2. The lowest BCUT2D eigenvalue weighted by atomic mass is 9.82. The molecule has 2 unspecified atom stereocenters. The van der Waals surface area contributed by atoms with E-state index in [2.05, 4.69) is 4.98 Å². The number of allylic oxidation sites excluding steroid dienone is 2. The van der Waals surface area contributed by atoms with Gasteiger partial charge in [0.05, 0.1) is 11.8 Å². The van der Waals surface area contributed by atoms with Gasteiger partial charge in [-0.15, -0.1) is 0 Å². The first-order valence-electron chi connectivity index (χ1n) is 7.19. The fourth-order valence-electron chi connectivity index (χ4n) is 2.65. The summed E-state index contributed by atoms with van der Waals surface area (Å²) in [4.78, 5) is 29.7. The molecule has 1 amide bonds. The number of amides is 1. The fraction of sp³-hybridized carbons (Fsp3) is 0.438. The Morgan fingerprint density at radius 2 is 1.86 bits per heavy atom. The number of carboxylic acid groups (broad SMARTS) is 1. The molecular formula is C16H20N2O3. The van der Waals surface area contributed by atoms with Gasteiger partial charge in [0.2, 0.25) is 5.91 Å². The number of carbonyl (C=O) groups excluding carboxylic acids is 1. The summed E-state index contributed by atoms with van der Waals surface area (Å²) in [6, 6.07) is 3.73. The van der Waals surface area contributed by atoms with E-state index >= 15 is 0 Å². The number of aromatic nitrogens is 1. The van der Waals surface area contributed by atoms with Crippen LogP contribution in [0.4, 0.5) is 0 Å². The van der Waals surface area contributed by atoms with Gasteiger partial charge in [-0.3, -0.25) is 14.6 Å². The number of aliphatic carboxylic acids is 1. The van der Waals surface area contributed by atoms with Gasteiger partial charge >= 0.3 is 5.97 Å². The highest BCUT2D eigenvalue weighted by Gasteiger charge is 2.35. The average molecular weight is 288 g/mol. The first-order chi connectivity index (χ1) is 10.1. The van der Waals surface area contributed by atoms with Gasteiger partial charge in [0, 0.05) is 25.5 Å². The zero-order valence-electron chi connectivity index (χ0n) is 12.1. The van der Waals surface area contributed by atoms with Crippen molar-refractivity contribution < 1.29 is 14.7 Å². The third kappa shape index (κ3) is 3.68. The van der Waals surface area contributed by atoms with Crippen LogP contribution in [0, 0.1) is 11.8 Å². The largest absolute Gasteiger partial charge is 0.481 e.